The minimum atomic E-state index is 0.00720. The smallest absolute Gasteiger partial charge is 0.164 e. The van der Waals surface area contributed by atoms with Crippen molar-refractivity contribution in [1.82, 2.24) is 4.90 Å². The monoisotopic (exact) mass is 182 g/mol. The van der Waals surface area contributed by atoms with Gasteiger partial charge in [0.25, 0.3) is 0 Å². The Balaban J connectivity index is 2.36. The van der Waals surface area contributed by atoms with Gasteiger partial charge in [0, 0.05) is 18.0 Å². The van der Waals surface area contributed by atoms with Gasteiger partial charge in [0.1, 0.15) is 0 Å². The molecule has 3 heteroatoms. The summed E-state index contributed by atoms with van der Waals surface area (Å²) in [5.41, 5.74) is 1.36. The molecule has 0 aromatic carbocycles. The van der Waals surface area contributed by atoms with Crippen LogP contribution in [0.15, 0.2) is 16.8 Å². The molecule has 1 fully saturated rings. The molecule has 0 unspecified atom stereocenters. The largest absolute Gasteiger partial charge is 0.325 e. The molecule has 2 aliphatic heterocycles. The Hall–Kier alpha value is -0.440. The van der Waals surface area contributed by atoms with Crippen molar-refractivity contribution in [2.45, 2.75) is 26.3 Å². The Bertz CT molecular complexity index is 266. The van der Waals surface area contributed by atoms with Crippen molar-refractivity contribution in [2.24, 2.45) is 4.99 Å². The van der Waals surface area contributed by atoms with Crippen LogP contribution in [0.4, 0.5) is 0 Å². The number of amidine groups is 1. The molecule has 2 rings (SSSR count). The summed E-state index contributed by atoms with van der Waals surface area (Å²) < 4.78 is 0. The van der Waals surface area contributed by atoms with Gasteiger partial charge < -0.3 is 4.90 Å². The highest BCUT2D eigenvalue weighted by Crippen LogP contribution is 2.30. The summed E-state index contributed by atoms with van der Waals surface area (Å²) in [5.74, 6) is 1.18. The van der Waals surface area contributed by atoms with Gasteiger partial charge in [-0.1, -0.05) is 11.8 Å². The maximum Gasteiger partial charge on any atom is 0.164 e. The number of nitrogens with zero attached hydrogens (tertiary/aromatic N) is 2. The van der Waals surface area contributed by atoms with E-state index >= 15 is 0 Å². The molecular formula is C9H14N2S. The van der Waals surface area contributed by atoms with Crippen molar-refractivity contribution >= 4 is 16.9 Å². The molecule has 0 aromatic heterocycles. The van der Waals surface area contributed by atoms with E-state index in [-0.39, 0.29) is 5.54 Å². The minimum Gasteiger partial charge on any atom is -0.325 e. The molecule has 1 saturated heterocycles. The van der Waals surface area contributed by atoms with Crippen LogP contribution in [-0.2, 0) is 0 Å². The third-order valence-corrected chi connectivity index (χ3v) is 3.11. The van der Waals surface area contributed by atoms with Gasteiger partial charge in [0.2, 0.25) is 0 Å². The van der Waals surface area contributed by atoms with Crippen LogP contribution in [0, 0.1) is 0 Å². The molecule has 0 aromatic rings. The second-order valence-corrected chi connectivity index (χ2v) is 4.90. The topological polar surface area (TPSA) is 15.6 Å². The zero-order valence-corrected chi connectivity index (χ0v) is 8.61. The van der Waals surface area contributed by atoms with E-state index in [1.54, 1.807) is 0 Å². The predicted octanol–water partition coefficient (Wildman–Crippen LogP) is 2.09. The van der Waals surface area contributed by atoms with E-state index < -0.39 is 0 Å². The third kappa shape index (κ3) is 1.26. The van der Waals surface area contributed by atoms with Gasteiger partial charge in [0.05, 0.1) is 5.54 Å². The lowest BCUT2D eigenvalue weighted by Gasteiger charge is -2.29. The SMILES string of the molecule is CC1=CC(C)(C)N=C2SCCN12. The van der Waals surface area contributed by atoms with E-state index in [1.807, 2.05) is 11.8 Å². The standard InChI is InChI=1S/C9H14N2S/c1-7-6-9(2,3)10-8-11(7)4-5-12-8/h6H,4-5H2,1-3H3. The number of rotatable bonds is 0. The van der Waals surface area contributed by atoms with E-state index in [1.165, 1.54) is 16.6 Å². The van der Waals surface area contributed by atoms with Crippen molar-refractivity contribution in [3.05, 3.63) is 11.8 Å². The van der Waals surface area contributed by atoms with Crippen LogP contribution in [-0.4, -0.2) is 27.9 Å². The maximum atomic E-state index is 4.66. The fourth-order valence-corrected chi connectivity index (χ4v) is 2.84. The lowest BCUT2D eigenvalue weighted by atomic mass is 10.0. The van der Waals surface area contributed by atoms with Gasteiger partial charge in [0.15, 0.2) is 5.17 Å². The van der Waals surface area contributed by atoms with E-state index in [4.69, 9.17) is 0 Å². The molecule has 0 atom stereocenters. The molecule has 0 spiro atoms. The molecule has 2 aliphatic rings. The van der Waals surface area contributed by atoms with E-state index in [9.17, 15) is 0 Å². The van der Waals surface area contributed by atoms with Crippen molar-refractivity contribution in [3.63, 3.8) is 0 Å². The van der Waals surface area contributed by atoms with Crippen LogP contribution >= 0.6 is 11.8 Å². The Kier molecular flexibility index (Phi) is 1.72. The van der Waals surface area contributed by atoms with Gasteiger partial charge in [-0.2, -0.15) is 0 Å². The fourth-order valence-electron chi connectivity index (χ4n) is 1.69. The quantitative estimate of drug-likeness (QED) is 0.570. The molecule has 0 amide bonds. The molecule has 2 heterocycles. The average Bonchev–Trinajstić information content (AvgIpc) is 2.31. The lowest BCUT2D eigenvalue weighted by Crippen LogP contribution is -2.32. The van der Waals surface area contributed by atoms with Crippen LogP contribution in [0.5, 0.6) is 0 Å². The number of allylic oxidation sites excluding steroid dienone is 1. The maximum absolute atomic E-state index is 4.66. The third-order valence-electron chi connectivity index (χ3n) is 2.15. The second-order valence-electron chi connectivity index (χ2n) is 3.83. The van der Waals surface area contributed by atoms with Crippen LogP contribution in [0.1, 0.15) is 20.8 Å². The van der Waals surface area contributed by atoms with Crippen molar-refractivity contribution in [3.8, 4) is 0 Å². The average molecular weight is 182 g/mol. The summed E-state index contributed by atoms with van der Waals surface area (Å²) in [6.45, 7) is 7.60. The molecule has 0 saturated carbocycles. The van der Waals surface area contributed by atoms with Gasteiger partial charge in [-0.3, -0.25) is 4.99 Å². The summed E-state index contributed by atoms with van der Waals surface area (Å²) in [6, 6.07) is 0. The predicted molar refractivity (Wildman–Crippen MR) is 54.4 cm³/mol. The normalized spacial score (nSPS) is 26.4. The van der Waals surface area contributed by atoms with E-state index in [0.29, 0.717) is 0 Å². The number of thioether (sulfide) groups is 1. The first-order chi connectivity index (χ1) is 5.58. The summed E-state index contributed by atoms with van der Waals surface area (Å²) in [4.78, 5) is 6.96. The number of hydrogen-bond donors (Lipinski definition) is 0. The van der Waals surface area contributed by atoms with Crippen molar-refractivity contribution in [1.29, 1.82) is 0 Å². The Morgan fingerprint density at radius 2 is 2.33 bits per heavy atom. The molecule has 2 nitrogen and oxygen atoms in total. The van der Waals surface area contributed by atoms with Crippen LogP contribution in [0.3, 0.4) is 0 Å². The van der Waals surface area contributed by atoms with Crippen LogP contribution in [0.25, 0.3) is 0 Å². The first-order valence-corrected chi connectivity index (χ1v) is 5.27. The Morgan fingerprint density at radius 1 is 1.58 bits per heavy atom. The van der Waals surface area contributed by atoms with E-state index in [0.717, 1.165) is 6.54 Å². The van der Waals surface area contributed by atoms with Gasteiger partial charge in [-0.05, 0) is 26.8 Å². The first kappa shape index (κ1) is 8.17. The minimum absolute atomic E-state index is 0.00720. The van der Waals surface area contributed by atoms with Crippen LogP contribution in [0.2, 0.25) is 0 Å². The molecule has 0 radical (unpaired) electrons. The van der Waals surface area contributed by atoms with Gasteiger partial charge in [-0.25, -0.2) is 0 Å². The Labute approximate surface area is 77.7 Å². The molecule has 0 bridgehead atoms. The number of fused-ring (bicyclic) bond motifs is 1. The summed E-state index contributed by atoms with van der Waals surface area (Å²) in [7, 11) is 0. The Morgan fingerprint density at radius 3 is 3.08 bits per heavy atom. The molecule has 0 N–H and O–H groups in total. The number of hydrogen-bond acceptors (Lipinski definition) is 3. The molecule has 0 aliphatic carbocycles. The highest BCUT2D eigenvalue weighted by molar-refractivity contribution is 8.14. The summed E-state index contributed by atoms with van der Waals surface area (Å²) in [6.07, 6.45) is 2.24. The van der Waals surface area contributed by atoms with E-state index in [2.05, 4.69) is 36.7 Å². The summed E-state index contributed by atoms with van der Waals surface area (Å²) >= 11 is 1.87. The second kappa shape index (κ2) is 2.52. The molecular weight excluding hydrogens is 168 g/mol. The fraction of sp³-hybridized carbons (Fsp3) is 0.667. The lowest BCUT2D eigenvalue weighted by molar-refractivity contribution is 0.509. The van der Waals surface area contributed by atoms with Gasteiger partial charge >= 0.3 is 0 Å². The van der Waals surface area contributed by atoms with Crippen molar-refractivity contribution < 1.29 is 0 Å². The molecule has 12 heavy (non-hydrogen) atoms. The highest BCUT2D eigenvalue weighted by atomic mass is 32.2. The number of aliphatic imine (C=N–C) groups is 1. The van der Waals surface area contributed by atoms with Crippen molar-refractivity contribution in [2.75, 3.05) is 12.3 Å². The van der Waals surface area contributed by atoms with Crippen LogP contribution < -0.4 is 0 Å². The highest BCUT2D eigenvalue weighted by Gasteiger charge is 2.29. The zero-order chi connectivity index (χ0) is 8.77. The zero-order valence-electron chi connectivity index (χ0n) is 7.79. The summed E-state index contributed by atoms with van der Waals surface area (Å²) in [5, 5.41) is 1.21. The first-order valence-electron chi connectivity index (χ1n) is 4.28. The molecule has 66 valence electrons. The van der Waals surface area contributed by atoms with Gasteiger partial charge in [-0.15, -0.1) is 0 Å².